The smallest absolute Gasteiger partial charge is 0.244 e. The summed E-state index contributed by atoms with van der Waals surface area (Å²) in [7, 11) is 1.61. The molecule has 0 aliphatic heterocycles. The Bertz CT molecular complexity index is 599. The molecule has 0 spiro atoms. The molecule has 2 rings (SSSR count). The zero-order valence-electron chi connectivity index (χ0n) is 10.9. The molecular formula is C13H14N4O3. The summed E-state index contributed by atoms with van der Waals surface area (Å²) >= 11 is 0. The van der Waals surface area contributed by atoms with Crippen molar-refractivity contribution in [3.05, 3.63) is 47.9 Å². The monoisotopic (exact) mass is 274 g/mol. The first kappa shape index (κ1) is 13.6. The SMILES string of the molecule is COc1ccc(COc2nccnc2C(N)=NO)cc1. The number of methoxy groups -OCH3 is 1. The van der Waals surface area contributed by atoms with Crippen LogP contribution >= 0.6 is 0 Å². The molecule has 2 aromatic rings. The first-order chi connectivity index (χ1) is 9.74. The molecule has 1 aromatic carbocycles. The predicted molar refractivity (Wildman–Crippen MR) is 71.9 cm³/mol. The van der Waals surface area contributed by atoms with Gasteiger partial charge < -0.3 is 20.4 Å². The van der Waals surface area contributed by atoms with Crippen LogP contribution in [0.4, 0.5) is 0 Å². The maximum absolute atomic E-state index is 8.68. The highest BCUT2D eigenvalue weighted by Gasteiger charge is 2.11. The predicted octanol–water partition coefficient (Wildman–Crippen LogP) is 1.16. The van der Waals surface area contributed by atoms with Gasteiger partial charge in [0, 0.05) is 12.4 Å². The summed E-state index contributed by atoms with van der Waals surface area (Å²) in [4.78, 5) is 7.98. The number of rotatable bonds is 5. The van der Waals surface area contributed by atoms with Crippen molar-refractivity contribution < 1.29 is 14.7 Å². The fraction of sp³-hybridized carbons (Fsp3) is 0.154. The highest BCUT2D eigenvalue weighted by atomic mass is 16.5. The van der Waals surface area contributed by atoms with Crippen LogP contribution in [0.5, 0.6) is 11.6 Å². The molecule has 0 bridgehead atoms. The Kier molecular flexibility index (Phi) is 4.33. The number of aromatic nitrogens is 2. The summed E-state index contributed by atoms with van der Waals surface area (Å²) < 4.78 is 10.6. The van der Waals surface area contributed by atoms with Crippen molar-refractivity contribution in [3.8, 4) is 11.6 Å². The number of ether oxygens (including phenoxy) is 2. The number of oxime groups is 1. The lowest BCUT2D eigenvalue weighted by Crippen LogP contribution is -2.17. The Morgan fingerprint density at radius 1 is 1.25 bits per heavy atom. The van der Waals surface area contributed by atoms with Crippen molar-refractivity contribution in [3.63, 3.8) is 0 Å². The van der Waals surface area contributed by atoms with Crippen LogP contribution in [0, 0.1) is 0 Å². The van der Waals surface area contributed by atoms with Crippen molar-refractivity contribution in [2.75, 3.05) is 7.11 Å². The third kappa shape index (κ3) is 3.14. The van der Waals surface area contributed by atoms with Crippen LogP contribution in [0.1, 0.15) is 11.3 Å². The molecular weight excluding hydrogens is 260 g/mol. The lowest BCUT2D eigenvalue weighted by molar-refractivity contribution is 0.290. The van der Waals surface area contributed by atoms with E-state index in [1.807, 2.05) is 24.3 Å². The second-order valence-electron chi connectivity index (χ2n) is 3.83. The molecule has 7 nitrogen and oxygen atoms in total. The molecule has 1 aromatic heterocycles. The molecule has 0 saturated carbocycles. The number of nitrogens with two attached hydrogens (primary N) is 1. The first-order valence-electron chi connectivity index (χ1n) is 5.79. The fourth-order valence-corrected chi connectivity index (χ4v) is 1.53. The summed E-state index contributed by atoms with van der Waals surface area (Å²) in [6.45, 7) is 0.286. The molecule has 7 heteroatoms. The van der Waals surface area contributed by atoms with Gasteiger partial charge in [0.05, 0.1) is 7.11 Å². The highest BCUT2D eigenvalue weighted by molar-refractivity contribution is 5.97. The second kappa shape index (κ2) is 6.37. The molecule has 3 N–H and O–H groups in total. The summed E-state index contributed by atoms with van der Waals surface area (Å²) in [6.07, 6.45) is 2.91. The lowest BCUT2D eigenvalue weighted by atomic mass is 10.2. The lowest BCUT2D eigenvalue weighted by Gasteiger charge is -2.08. The van der Waals surface area contributed by atoms with E-state index in [0.717, 1.165) is 11.3 Å². The zero-order chi connectivity index (χ0) is 14.4. The summed E-state index contributed by atoms with van der Waals surface area (Å²) in [5.41, 5.74) is 6.63. The quantitative estimate of drug-likeness (QED) is 0.367. The molecule has 0 unspecified atom stereocenters. The maximum atomic E-state index is 8.68. The van der Waals surface area contributed by atoms with Crippen LogP contribution in [0.3, 0.4) is 0 Å². The van der Waals surface area contributed by atoms with E-state index in [0.29, 0.717) is 0 Å². The molecule has 0 aliphatic carbocycles. The van der Waals surface area contributed by atoms with Gasteiger partial charge in [-0.05, 0) is 17.7 Å². The third-order valence-electron chi connectivity index (χ3n) is 2.55. The molecule has 20 heavy (non-hydrogen) atoms. The maximum Gasteiger partial charge on any atom is 0.244 e. The Morgan fingerprint density at radius 2 is 1.95 bits per heavy atom. The number of amidine groups is 1. The van der Waals surface area contributed by atoms with Gasteiger partial charge in [0.25, 0.3) is 0 Å². The van der Waals surface area contributed by atoms with Crippen molar-refractivity contribution in [2.45, 2.75) is 6.61 Å². The van der Waals surface area contributed by atoms with Crippen LogP contribution in [0.15, 0.2) is 41.8 Å². The van der Waals surface area contributed by atoms with Crippen LogP contribution in [0.25, 0.3) is 0 Å². The van der Waals surface area contributed by atoms with Gasteiger partial charge in [-0.1, -0.05) is 17.3 Å². The van der Waals surface area contributed by atoms with Gasteiger partial charge in [-0.3, -0.25) is 0 Å². The van der Waals surface area contributed by atoms with Crippen molar-refractivity contribution in [1.82, 2.24) is 9.97 Å². The van der Waals surface area contributed by atoms with E-state index in [-0.39, 0.29) is 24.0 Å². The normalized spacial score (nSPS) is 11.2. The Balaban J connectivity index is 2.10. The van der Waals surface area contributed by atoms with E-state index >= 15 is 0 Å². The van der Waals surface area contributed by atoms with Crippen LogP contribution in [-0.2, 0) is 6.61 Å². The van der Waals surface area contributed by atoms with Crippen LogP contribution in [0.2, 0.25) is 0 Å². The second-order valence-corrected chi connectivity index (χ2v) is 3.83. The van der Waals surface area contributed by atoms with Crippen molar-refractivity contribution >= 4 is 5.84 Å². The third-order valence-corrected chi connectivity index (χ3v) is 2.55. The van der Waals surface area contributed by atoms with E-state index in [1.54, 1.807) is 7.11 Å². The van der Waals surface area contributed by atoms with Gasteiger partial charge in [0.2, 0.25) is 5.88 Å². The van der Waals surface area contributed by atoms with E-state index in [4.69, 9.17) is 20.4 Å². The Hall–Kier alpha value is -2.83. The summed E-state index contributed by atoms with van der Waals surface area (Å²) in [6, 6.07) is 7.41. The standard InChI is InChI=1S/C13H14N4O3/c1-19-10-4-2-9(3-5-10)8-20-13-11(12(14)17-18)15-6-7-16-13/h2-7,18H,8H2,1H3,(H2,14,17). The molecule has 0 saturated heterocycles. The van der Waals surface area contributed by atoms with E-state index < -0.39 is 0 Å². The van der Waals surface area contributed by atoms with Gasteiger partial charge in [-0.2, -0.15) is 0 Å². The van der Waals surface area contributed by atoms with Crippen LogP contribution < -0.4 is 15.2 Å². The minimum Gasteiger partial charge on any atom is -0.497 e. The summed E-state index contributed by atoms with van der Waals surface area (Å²) in [5, 5.41) is 11.6. The molecule has 0 radical (unpaired) electrons. The number of hydrogen-bond donors (Lipinski definition) is 2. The van der Waals surface area contributed by atoms with E-state index in [1.165, 1.54) is 12.4 Å². The molecule has 0 fully saturated rings. The molecule has 0 atom stereocenters. The fourth-order valence-electron chi connectivity index (χ4n) is 1.53. The average molecular weight is 274 g/mol. The molecule has 0 aliphatic rings. The van der Waals surface area contributed by atoms with Gasteiger partial charge >= 0.3 is 0 Å². The zero-order valence-corrected chi connectivity index (χ0v) is 10.9. The van der Waals surface area contributed by atoms with Gasteiger partial charge in [0.1, 0.15) is 12.4 Å². The van der Waals surface area contributed by atoms with Gasteiger partial charge in [-0.25, -0.2) is 9.97 Å². The topological polar surface area (TPSA) is 103 Å². The van der Waals surface area contributed by atoms with Crippen LogP contribution in [-0.4, -0.2) is 28.1 Å². The van der Waals surface area contributed by atoms with Crippen molar-refractivity contribution in [2.24, 2.45) is 10.9 Å². The number of benzene rings is 1. The van der Waals surface area contributed by atoms with Gasteiger partial charge in [0.15, 0.2) is 11.5 Å². The largest absolute Gasteiger partial charge is 0.497 e. The summed E-state index contributed by atoms with van der Waals surface area (Å²) in [5.74, 6) is 0.826. The Morgan fingerprint density at radius 3 is 2.60 bits per heavy atom. The average Bonchev–Trinajstić information content (AvgIpc) is 2.53. The molecule has 104 valence electrons. The minimum atomic E-state index is -0.150. The molecule has 1 heterocycles. The van der Waals surface area contributed by atoms with Gasteiger partial charge in [-0.15, -0.1) is 0 Å². The molecule has 0 amide bonds. The Labute approximate surface area is 115 Å². The minimum absolute atomic E-state index is 0.150. The first-order valence-corrected chi connectivity index (χ1v) is 5.79. The van der Waals surface area contributed by atoms with E-state index in [9.17, 15) is 0 Å². The van der Waals surface area contributed by atoms with Crippen molar-refractivity contribution in [1.29, 1.82) is 0 Å². The highest BCUT2D eigenvalue weighted by Crippen LogP contribution is 2.15. The number of hydrogen-bond acceptors (Lipinski definition) is 6. The van der Waals surface area contributed by atoms with E-state index in [2.05, 4.69) is 15.1 Å². The number of nitrogens with zero attached hydrogens (tertiary/aromatic N) is 3.